The van der Waals surface area contributed by atoms with E-state index in [2.05, 4.69) is 120 Å². The van der Waals surface area contributed by atoms with Crippen LogP contribution < -0.4 is 4.57 Å². The zero-order valence-corrected chi connectivity index (χ0v) is 22.6. The molecule has 0 saturated carbocycles. The summed E-state index contributed by atoms with van der Waals surface area (Å²) in [5.74, 6) is 0. The quantitative estimate of drug-likeness (QED) is 0.234. The van der Waals surface area contributed by atoms with E-state index in [1.807, 2.05) is 0 Å². The molecule has 0 radical (unpaired) electrons. The molecule has 1 aliphatic rings. The van der Waals surface area contributed by atoms with Crippen LogP contribution in [0.3, 0.4) is 0 Å². The number of nitrogens with zero attached hydrogens (tertiary/aromatic N) is 1. The van der Waals surface area contributed by atoms with Crippen molar-refractivity contribution < 1.29 is 8.98 Å². The molecule has 2 aromatic heterocycles. The second-order valence-corrected chi connectivity index (χ2v) is 12.1. The van der Waals surface area contributed by atoms with E-state index in [0.717, 1.165) is 16.9 Å². The fourth-order valence-electron chi connectivity index (χ4n) is 6.29. The molecule has 2 nitrogen and oxygen atoms in total. The maximum Gasteiger partial charge on any atom is 0.216 e. The lowest BCUT2D eigenvalue weighted by Crippen LogP contribution is -2.33. The van der Waals surface area contributed by atoms with Crippen LogP contribution in [0.15, 0.2) is 71.3 Å². The zero-order valence-electron chi connectivity index (χ0n) is 22.6. The van der Waals surface area contributed by atoms with Gasteiger partial charge in [0.1, 0.15) is 18.2 Å². The lowest BCUT2D eigenvalue weighted by molar-refractivity contribution is -0.660. The number of furan rings is 1. The minimum Gasteiger partial charge on any atom is -0.454 e. The summed E-state index contributed by atoms with van der Waals surface area (Å²) in [5, 5.41) is 2.41. The van der Waals surface area contributed by atoms with Gasteiger partial charge in [0, 0.05) is 28.5 Å². The summed E-state index contributed by atoms with van der Waals surface area (Å²) in [6.07, 6.45) is 4.54. The average molecular weight is 475 g/mol. The van der Waals surface area contributed by atoms with Gasteiger partial charge in [-0.3, -0.25) is 0 Å². The van der Waals surface area contributed by atoms with Gasteiger partial charge in [-0.2, -0.15) is 0 Å². The first-order valence-corrected chi connectivity index (χ1v) is 13.1. The van der Waals surface area contributed by atoms with Crippen molar-refractivity contribution in [3.63, 3.8) is 0 Å². The van der Waals surface area contributed by atoms with E-state index in [9.17, 15) is 0 Å². The minimum atomic E-state index is 0.172. The SMILES string of the molecule is Cc1ccc2c(oc3c(-c4ccc5c(c4)C(C)(C)CCC5(C)C)ccc(C)c32)c1-c1cccc[n+]1C. The first kappa shape index (κ1) is 23.0. The van der Waals surface area contributed by atoms with Crippen LogP contribution in [0.1, 0.15) is 62.8 Å². The highest BCUT2D eigenvalue weighted by Gasteiger charge is 2.37. The molecular formula is C34H36NO+. The summed E-state index contributed by atoms with van der Waals surface area (Å²) in [5.41, 5.74) is 12.5. The molecule has 182 valence electrons. The van der Waals surface area contributed by atoms with Crippen molar-refractivity contribution in [1.82, 2.24) is 0 Å². The molecule has 0 saturated heterocycles. The van der Waals surface area contributed by atoms with Crippen LogP contribution in [0.5, 0.6) is 0 Å². The number of aromatic nitrogens is 1. The number of rotatable bonds is 2. The molecule has 5 aromatic rings. The molecule has 3 aromatic carbocycles. The molecule has 0 bridgehead atoms. The minimum absolute atomic E-state index is 0.172. The standard InChI is InChI=1S/C34H36NO/c1-21-11-14-24(23-13-16-26-27(20-23)34(5,6)18-17-33(26,3)4)31-29(21)25-15-12-22(2)30(32(25)36-31)28-10-8-9-19-35(28)7/h8-16,19-20H,17-18H2,1-7H3/q+1. The second kappa shape index (κ2) is 7.80. The normalized spacial score (nSPS) is 16.4. The Morgan fingerprint density at radius 2 is 1.47 bits per heavy atom. The third-order valence-electron chi connectivity index (χ3n) is 8.68. The summed E-state index contributed by atoms with van der Waals surface area (Å²) in [6.45, 7) is 13.9. The molecule has 2 heteroatoms. The van der Waals surface area contributed by atoms with Crippen molar-refractivity contribution in [1.29, 1.82) is 0 Å². The van der Waals surface area contributed by atoms with Crippen molar-refractivity contribution in [2.24, 2.45) is 7.05 Å². The van der Waals surface area contributed by atoms with Gasteiger partial charge in [-0.15, -0.1) is 0 Å². The van der Waals surface area contributed by atoms with Gasteiger partial charge in [0.25, 0.3) is 0 Å². The fraction of sp³-hybridized carbons (Fsp3) is 0.324. The molecule has 6 rings (SSSR count). The molecule has 0 spiro atoms. The summed E-state index contributed by atoms with van der Waals surface area (Å²) >= 11 is 0. The second-order valence-electron chi connectivity index (χ2n) is 12.1. The lowest BCUT2D eigenvalue weighted by Gasteiger charge is -2.42. The largest absolute Gasteiger partial charge is 0.454 e. The van der Waals surface area contributed by atoms with Crippen LogP contribution in [0, 0.1) is 13.8 Å². The molecule has 2 heterocycles. The smallest absolute Gasteiger partial charge is 0.216 e. The van der Waals surface area contributed by atoms with E-state index in [1.54, 1.807) is 0 Å². The molecule has 0 amide bonds. The van der Waals surface area contributed by atoms with E-state index >= 15 is 0 Å². The topological polar surface area (TPSA) is 17.0 Å². The Kier molecular flexibility index (Phi) is 4.99. The summed E-state index contributed by atoms with van der Waals surface area (Å²) < 4.78 is 9.04. The average Bonchev–Trinajstić information content (AvgIpc) is 3.23. The highest BCUT2D eigenvalue weighted by molar-refractivity contribution is 6.14. The van der Waals surface area contributed by atoms with Crippen molar-refractivity contribution in [2.75, 3.05) is 0 Å². The Bertz CT molecular complexity index is 1660. The van der Waals surface area contributed by atoms with E-state index in [0.29, 0.717) is 0 Å². The van der Waals surface area contributed by atoms with Crippen LogP contribution in [0.2, 0.25) is 0 Å². The van der Waals surface area contributed by atoms with E-state index in [1.165, 1.54) is 62.6 Å². The number of aryl methyl sites for hydroxylation is 3. The summed E-state index contributed by atoms with van der Waals surface area (Å²) in [7, 11) is 2.10. The third kappa shape index (κ3) is 3.34. The van der Waals surface area contributed by atoms with Crippen molar-refractivity contribution in [3.05, 3.63) is 89.1 Å². The first-order valence-electron chi connectivity index (χ1n) is 13.1. The fourth-order valence-corrected chi connectivity index (χ4v) is 6.29. The predicted octanol–water partition coefficient (Wildman–Crippen LogP) is 8.71. The maximum absolute atomic E-state index is 6.86. The molecule has 0 unspecified atom stereocenters. The van der Waals surface area contributed by atoms with Crippen LogP contribution in [-0.4, -0.2) is 0 Å². The summed E-state index contributed by atoms with van der Waals surface area (Å²) in [6, 6.07) is 22.4. The van der Waals surface area contributed by atoms with Gasteiger partial charge >= 0.3 is 0 Å². The number of hydrogen-bond acceptors (Lipinski definition) is 1. The van der Waals surface area contributed by atoms with Gasteiger partial charge in [-0.25, -0.2) is 4.57 Å². The summed E-state index contributed by atoms with van der Waals surface area (Å²) in [4.78, 5) is 0. The van der Waals surface area contributed by atoms with Gasteiger partial charge in [-0.1, -0.05) is 70.2 Å². The molecule has 0 N–H and O–H groups in total. The van der Waals surface area contributed by atoms with E-state index in [4.69, 9.17) is 4.42 Å². The van der Waals surface area contributed by atoms with Crippen LogP contribution >= 0.6 is 0 Å². The Balaban J connectivity index is 1.65. The van der Waals surface area contributed by atoms with Gasteiger partial charge in [0.05, 0.1) is 5.56 Å². The zero-order chi connectivity index (χ0) is 25.4. The monoisotopic (exact) mass is 474 g/mol. The molecule has 0 fully saturated rings. The van der Waals surface area contributed by atoms with Crippen LogP contribution in [-0.2, 0) is 17.9 Å². The molecular weight excluding hydrogens is 438 g/mol. The number of fused-ring (bicyclic) bond motifs is 4. The van der Waals surface area contributed by atoms with Crippen molar-refractivity contribution >= 4 is 21.9 Å². The Labute approximate surface area is 214 Å². The van der Waals surface area contributed by atoms with Crippen molar-refractivity contribution in [3.8, 4) is 22.4 Å². The van der Waals surface area contributed by atoms with Gasteiger partial charge in [0.15, 0.2) is 6.20 Å². The molecule has 0 atom stereocenters. The number of hydrogen-bond donors (Lipinski definition) is 0. The van der Waals surface area contributed by atoms with E-state index in [-0.39, 0.29) is 10.8 Å². The predicted molar refractivity (Wildman–Crippen MR) is 151 cm³/mol. The van der Waals surface area contributed by atoms with Gasteiger partial charge in [-0.05, 0) is 71.4 Å². The third-order valence-corrected chi connectivity index (χ3v) is 8.68. The molecule has 1 aliphatic carbocycles. The highest BCUT2D eigenvalue weighted by atomic mass is 16.3. The highest BCUT2D eigenvalue weighted by Crippen LogP contribution is 2.48. The maximum atomic E-state index is 6.86. The van der Waals surface area contributed by atoms with Crippen LogP contribution in [0.4, 0.5) is 0 Å². The van der Waals surface area contributed by atoms with Crippen LogP contribution in [0.25, 0.3) is 44.3 Å². The molecule has 36 heavy (non-hydrogen) atoms. The van der Waals surface area contributed by atoms with E-state index < -0.39 is 0 Å². The Morgan fingerprint density at radius 1 is 0.750 bits per heavy atom. The van der Waals surface area contributed by atoms with Gasteiger partial charge < -0.3 is 4.42 Å². The van der Waals surface area contributed by atoms with Crippen molar-refractivity contribution in [2.45, 2.75) is 65.2 Å². The van der Waals surface area contributed by atoms with Gasteiger partial charge in [0.2, 0.25) is 5.69 Å². The number of pyridine rings is 1. The Hall–Kier alpha value is -3.39. The molecule has 0 aliphatic heterocycles. The first-order chi connectivity index (χ1) is 17.1. The number of benzene rings is 3. The lowest BCUT2D eigenvalue weighted by atomic mass is 9.63. The Morgan fingerprint density at radius 3 is 2.22 bits per heavy atom.